The van der Waals surface area contributed by atoms with Crippen LogP contribution in [0.2, 0.25) is 0 Å². The summed E-state index contributed by atoms with van der Waals surface area (Å²) in [7, 11) is 1.33. The number of methoxy groups -OCH3 is 1. The molecule has 0 unspecified atom stereocenters. The molecule has 4 heteroatoms. The number of carbonyl (C=O) groups is 2. The van der Waals surface area contributed by atoms with Crippen LogP contribution in [-0.4, -0.2) is 19.0 Å². The van der Waals surface area contributed by atoms with E-state index >= 15 is 0 Å². The van der Waals surface area contributed by atoms with Gasteiger partial charge in [-0.1, -0.05) is 0 Å². The van der Waals surface area contributed by atoms with Gasteiger partial charge in [0.25, 0.3) is 0 Å². The number of esters is 2. The van der Waals surface area contributed by atoms with E-state index in [1.54, 1.807) is 26.0 Å². The van der Waals surface area contributed by atoms with Crippen molar-refractivity contribution in [2.75, 3.05) is 7.11 Å². The summed E-state index contributed by atoms with van der Waals surface area (Å²) in [6.07, 6.45) is 0. The topological polar surface area (TPSA) is 52.6 Å². The smallest absolute Gasteiger partial charge is 0.338 e. The molecule has 0 atom stereocenters. The van der Waals surface area contributed by atoms with E-state index in [0.29, 0.717) is 16.9 Å². The highest BCUT2D eigenvalue weighted by molar-refractivity contribution is 5.91. The van der Waals surface area contributed by atoms with Gasteiger partial charge in [0.2, 0.25) is 0 Å². The van der Waals surface area contributed by atoms with Crippen LogP contribution >= 0.6 is 0 Å². The van der Waals surface area contributed by atoms with E-state index in [4.69, 9.17) is 4.74 Å². The molecule has 0 amide bonds. The zero-order valence-electron chi connectivity index (χ0n) is 9.79. The second-order valence-corrected chi connectivity index (χ2v) is 3.52. The molecule has 0 aliphatic rings. The fourth-order valence-corrected chi connectivity index (χ4v) is 1.38. The molecule has 1 aromatic rings. The molecule has 0 spiro atoms. The van der Waals surface area contributed by atoms with Crippen molar-refractivity contribution in [1.29, 1.82) is 0 Å². The summed E-state index contributed by atoms with van der Waals surface area (Å²) < 4.78 is 9.65. The van der Waals surface area contributed by atoms with Gasteiger partial charge < -0.3 is 9.47 Å². The lowest BCUT2D eigenvalue weighted by molar-refractivity contribution is -0.131. The molecule has 0 aromatic heterocycles. The van der Waals surface area contributed by atoms with E-state index in [1.165, 1.54) is 14.0 Å². The Morgan fingerprint density at radius 2 is 1.75 bits per heavy atom. The van der Waals surface area contributed by atoms with Gasteiger partial charge >= 0.3 is 11.9 Å². The highest BCUT2D eigenvalue weighted by Crippen LogP contribution is 2.23. The molecular formula is C12H14O4. The van der Waals surface area contributed by atoms with Gasteiger partial charge in [-0.05, 0) is 37.1 Å². The molecule has 16 heavy (non-hydrogen) atoms. The number of rotatable bonds is 2. The third kappa shape index (κ3) is 2.59. The van der Waals surface area contributed by atoms with E-state index in [2.05, 4.69) is 4.74 Å². The molecular weight excluding hydrogens is 208 g/mol. The van der Waals surface area contributed by atoms with Crippen LogP contribution in [0.15, 0.2) is 12.1 Å². The van der Waals surface area contributed by atoms with E-state index in [1.807, 2.05) is 0 Å². The Hall–Kier alpha value is -1.84. The highest BCUT2D eigenvalue weighted by Gasteiger charge is 2.13. The van der Waals surface area contributed by atoms with Gasteiger partial charge in [-0.25, -0.2) is 4.79 Å². The Morgan fingerprint density at radius 1 is 1.12 bits per heavy atom. The molecule has 0 aliphatic heterocycles. The van der Waals surface area contributed by atoms with Crippen molar-refractivity contribution >= 4 is 11.9 Å². The standard InChI is InChI=1S/C12H14O4/c1-7-6-11(16-9(3)13)8(2)5-10(7)12(14)15-4/h5-6H,1-4H3. The minimum Gasteiger partial charge on any atom is -0.465 e. The average Bonchev–Trinajstić information content (AvgIpc) is 2.21. The first-order valence-corrected chi connectivity index (χ1v) is 4.83. The average molecular weight is 222 g/mol. The summed E-state index contributed by atoms with van der Waals surface area (Å²) in [5.74, 6) is -0.305. The normalized spacial score (nSPS) is 9.75. The minimum atomic E-state index is -0.394. The van der Waals surface area contributed by atoms with Crippen LogP contribution in [0.25, 0.3) is 0 Å². The van der Waals surface area contributed by atoms with E-state index < -0.39 is 5.97 Å². The molecule has 0 fully saturated rings. The molecule has 0 saturated heterocycles. The van der Waals surface area contributed by atoms with Gasteiger partial charge in [0.15, 0.2) is 0 Å². The van der Waals surface area contributed by atoms with Crippen LogP contribution in [0.3, 0.4) is 0 Å². The summed E-state index contributed by atoms with van der Waals surface area (Å²) >= 11 is 0. The number of hydrogen-bond acceptors (Lipinski definition) is 4. The summed E-state index contributed by atoms with van der Waals surface area (Å²) in [6, 6.07) is 3.31. The maximum Gasteiger partial charge on any atom is 0.338 e. The van der Waals surface area contributed by atoms with Crippen molar-refractivity contribution in [3.63, 3.8) is 0 Å². The van der Waals surface area contributed by atoms with Crippen molar-refractivity contribution < 1.29 is 19.1 Å². The largest absolute Gasteiger partial charge is 0.465 e. The maximum absolute atomic E-state index is 11.4. The van der Waals surface area contributed by atoms with Gasteiger partial charge in [-0.2, -0.15) is 0 Å². The summed E-state index contributed by atoms with van der Waals surface area (Å²) in [6.45, 7) is 4.87. The Balaban J connectivity index is 3.16. The zero-order valence-corrected chi connectivity index (χ0v) is 9.79. The van der Waals surface area contributed by atoms with Gasteiger partial charge in [0.1, 0.15) is 5.75 Å². The first-order chi connectivity index (χ1) is 7.45. The lowest BCUT2D eigenvalue weighted by Gasteiger charge is -2.10. The fourth-order valence-electron chi connectivity index (χ4n) is 1.38. The number of ether oxygens (including phenoxy) is 2. The Labute approximate surface area is 94.2 Å². The van der Waals surface area contributed by atoms with Crippen molar-refractivity contribution in [3.05, 3.63) is 28.8 Å². The zero-order chi connectivity index (χ0) is 12.3. The van der Waals surface area contributed by atoms with Crippen LogP contribution in [-0.2, 0) is 9.53 Å². The Kier molecular flexibility index (Phi) is 3.66. The monoisotopic (exact) mass is 222 g/mol. The third-order valence-electron chi connectivity index (χ3n) is 2.18. The van der Waals surface area contributed by atoms with Gasteiger partial charge in [0.05, 0.1) is 12.7 Å². The van der Waals surface area contributed by atoms with E-state index in [-0.39, 0.29) is 5.97 Å². The molecule has 1 rings (SSSR count). The van der Waals surface area contributed by atoms with Crippen LogP contribution in [0, 0.1) is 13.8 Å². The van der Waals surface area contributed by atoms with Crippen molar-refractivity contribution in [1.82, 2.24) is 0 Å². The maximum atomic E-state index is 11.4. The van der Waals surface area contributed by atoms with E-state index in [9.17, 15) is 9.59 Å². The molecule has 0 saturated carbocycles. The second kappa shape index (κ2) is 4.79. The molecule has 4 nitrogen and oxygen atoms in total. The van der Waals surface area contributed by atoms with Crippen LogP contribution in [0.4, 0.5) is 0 Å². The van der Waals surface area contributed by atoms with Crippen LogP contribution in [0.1, 0.15) is 28.4 Å². The lowest BCUT2D eigenvalue weighted by Crippen LogP contribution is -2.07. The molecule has 0 radical (unpaired) electrons. The van der Waals surface area contributed by atoms with E-state index in [0.717, 1.165) is 5.56 Å². The minimum absolute atomic E-state index is 0.381. The molecule has 86 valence electrons. The summed E-state index contributed by atoms with van der Waals surface area (Å²) in [4.78, 5) is 22.2. The molecule has 0 heterocycles. The summed E-state index contributed by atoms with van der Waals surface area (Å²) in [5, 5.41) is 0. The van der Waals surface area contributed by atoms with Gasteiger partial charge in [0, 0.05) is 6.92 Å². The molecule has 0 N–H and O–H groups in total. The summed E-state index contributed by atoms with van der Waals surface area (Å²) in [5.41, 5.74) is 1.92. The predicted molar refractivity (Wildman–Crippen MR) is 58.6 cm³/mol. The SMILES string of the molecule is COC(=O)c1cc(C)c(OC(C)=O)cc1C. The highest BCUT2D eigenvalue weighted by atomic mass is 16.5. The lowest BCUT2D eigenvalue weighted by atomic mass is 10.0. The third-order valence-corrected chi connectivity index (χ3v) is 2.18. The van der Waals surface area contributed by atoms with Crippen molar-refractivity contribution in [3.8, 4) is 5.75 Å². The first-order valence-electron chi connectivity index (χ1n) is 4.83. The quantitative estimate of drug-likeness (QED) is 0.567. The van der Waals surface area contributed by atoms with Crippen molar-refractivity contribution in [2.45, 2.75) is 20.8 Å². The Morgan fingerprint density at radius 3 is 2.25 bits per heavy atom. The van der Waals surface area contributed by atoms with Crippen LogP contribution in [0.5, 0.6) is 5.75 Å². The number of benzene rings is 1. The number of aryl methyl sites for hydroxylation is 2. The second-order valence-electron chi connectivity index (χ2n) is 3.52. The van der Waals surface area contributed by atoms with Crippen LogP contribution < -0.4 is 4.74 Å². The first kappa shape index (κ1) is 12.2. The molecule has 1 aromatic carbocycles. The molecule has 0 aliphatic carbocycles. The van der Waals surface area contributed by atoms with Gasteiger partial charge in [-0.3, -0.25) is 4.79 Å². The van der Waals surface area contributed by atoms with Gasteiger partial charge in [-0.15, -0.1) is 0 Å². The predicted octanol–water partition coefficient (Wildman–Crippen LogP) is 2.02. The number of hydrogen-bond donors (Lipinski definition) is 0. The Bertz CT molecular complexity index is 435. The van der Waals surface area contributed by atoms with Crippen molar-refractivity contribution in [2.24, 2.45) is 0 Å². The fraction of sp³-hybridized carbons (Fsp3) is 0.333. The number of carbonyl (C=O) groups excluding carboxylic acids is 2. The molecule has 0 bridgehead atoms.